The number of carboxylic acid groups (broad SMARTS) is 1. The molecule has 0 aliphatic rings. The standard InChI is InChI=1S/C13H9F3N4O2/c14-13(15,16)7-3-1-2-6-9-11(17)18-5-19-12(9)20(10(6)7)4-8(21)22/h1-3,5H,4H2,(H,21,22)(H2,17,18,19). The zero-order valence-electron chi connectivity index (χ0n) is 10.9. The Morgan fingerprint density at radius 3 is 2.68 bits per heavy atom. The maximum Gasteiger partial charge on any atom is 0.418 e. The van der Waals surface area contributed by atoms with Crippen LogP contribution in [0.3, 0.4) is 0 Å². The van der Waals surface area contributed by atoms with Gasteiger partial charge in [0, 0.05) is 5.39 Å². The first-order valence-electron chi connectivity index (χ1n) is 6.11. The van der Waals surface area contributed by atoms with Gasteiger partial charge in [0.15, 0.2) is 0 Å². The molecule has 0 aliphatic heterocycles. The Bertz CT molecular complexity index is 902. The quantitative estimate of drug-likeness (QED) is 0.757. The zero-order chi connectivity index (χ0) is 16.1. The van der Waals surface area contributed by atoms with Crippen LogP contribution < -0.4 is 5.73 Å². The van der Waals surface area contributed by atoms with E-state index in [4.69, 9.17) is 10.8 Å². The number of halogens is 3. The van der Waals surface area contributed by atoms with Crippen molar-refractivity contribution >= 4 is 33.7 Å². The highest BCUT2D eigenvalue weighted by Gasteiger charge is 2.35. The molecule has 0 fully saturated rings. The zero-order valence-corrected chi connectivity index (χ0v) is 10.9. The number of nitrogen functional groups attached to an aromatic ring is 1. The lowest BCUT2D eigenvalue weighted by molar-refractivity contribution is -0.139. The summed E-state index contributed by atoms with van der Waals surface area (Å²) in [5.41, 5.74) is 4.58. The van der Waals surface area contributed by atoms with Crippen molar-refractivity contribution in [2.24, 2.45) is 0 Å². The van der Waals surface area contributed by atoms with E-state index < -0.39 is 24.3 Å². The second-order valence-corrected chi connectivity index (χ2v) is 4.64. The number of carboxylic acids is 1. The van der Waals surface area contributed by atoms with E-state index in [0.717, 1.165) is 17.0 Å². The maximum absolute atomic E-state index is 13.2. The van der Waals surface area contributed by atoms with Crippen LogP contribution in [0.25, 0.3) is 21.9 Å². The molecule has 0 saturated carbocycles. The number of nitrogens with two attached hydrogens (primary N) is 1. The second kappa shape index (κ2) is 4.58. The van der Waals surface area contributed by atoms with Gasteiger partial charge in [-0.15, -0.1) is 0 Å². The van der Waals surface area contributed by atoms with Crippen LogP contribution >= 0.6 is 0 Å². The predicted molar refractivity (Wildman–Crippen MR) is 72.1 cm³/mol. The van der Waals surface area contributed by atoms with E-state index in [1.807, 2.05) is 0 Å². The van der Waals surface area contributed by atoms with Gasteiger partial charge >= 0.3 is 12.1 Å². The van der Waals surface area contributed by atoms with Gasteiger partial charge in [-0.05, 0) is 6.07 Å². The molecule has 0 amide bonds. The van der Waals surface area contributed by atoms with Crippen LogP contribution in [0, 0.1) is 0 Å². The van der Waals surface area contributed by atoms with Gasteiger partial charge in [-0.2, -0.15) is 13.2 Å². The molecule has 9 heteroatoms. The summed E-state index contributed by atoms with van der Waals surface area (Å²) in [5.74, 6) is -1.29. The summed E-state index contributed by atoms with van der Waals surface area (Å²) < 4.78 is 40.7. The summed E-state index contributed by atoms with van der Waals surface area (Å²) in [6, 6.07) is 3.57. The van der Waals surface area contributed by atoms with Crippen molar-refractivity contribution in [3.8, 4) is 0 Å². The molecule has 3 aromatic rings. The average molecular weight is 310 g/mol. The summed E-state index contributed by atoms with van der Waals surface area (Å²) in [6.45, 7) is -0.663. The third-order valence-corrected chi connectivity index (χ3v) is 3.29. The molecule has 2 heterocycles. The van der Waals surface area contributed by atoms with Crippen molar-refractivity contribution in [2.75, 3.05) is 5.73 Å². The number of rotatable bonds is 2. The fourth-order valence-electron chi connectivity index (χ4n) is 2.51. The van der Waals surface area contributed by atoms with Crippen LogP contribution in [0.1, 0.15) is 5.56 Å². The highest BCUT2D eigenvalue weighted by molar-refractivity contribution is 6.12. The van der Waals surface area contributed by atoms with E-state index in [9.17, 15) is 18.0 Å². The number of hydrogen-bond donors (Lipinski definition) is 2. The van der Waals surface area contributed by atoms with Gasteiger partial charge in [0.25, 0.3) is 0 Å². The Balaban J connectivity index is 2.55. The molecule has 2 aromatic heterocycles. The topological polar surface area (TPSA) is 94.0 Å². The van der Waals surface area contributed by atoms with Gasteiger partial charge in [-0.3, -0.25) is 4.79 Å². The molecule has 3 N–H and O–H groups in total. The second-order valence-electron chi connectivity index (χ2n) is 4.64. The molecule has 6 nitrogen and oxygen atoms in total. The van der Waals surface area contributed by atoms with Crippen molar-refractivity contribution in [1.82, 2.24) is 14.5 Å². The molecule has 3 rings (SSSR count). The number of para-hydroxylation sites is 1. The van der Waals surface area contributed by atoms with E-state index in [0.29, 0.717) is 0 Å². The largest absolute Gasteiger partial charge is 0.480 e. The monoisotopic (exact) mass is 310 g/mol. The van der Waals surface area contributed by atoms with Crippen LogP contribution in [-0.2, 0) is 17.5 Å². The lowest BCUT2D eigenvalue weighted by atomic mass is 10.1. The first-order chi connectivity index (χ1) is 10.3. The Labute approximate surface area is 121 Å². The molecular weight excluding hydrogens is 301 g/mol. The summed E-state index contributed by atoms with van der Waals surface area (Å²) in [7, 11) is 0. The Kier molecular flexibility index (Phi) is 2.94. The molecular formula is C13H9F3N4O2. The molecule has 0 unspecified atom stereocenters. The number of carbonyl (C=O) groups is 1. The summed E-state index contributed by atoms with van der Waals surface area (Å²) in [4.78, 5) is 18.7. The number of benzene rings is 1. The molecule has 0 radical (unpaired) electrons. The van der Waals surface area contributed by atoms with Crippen LogP contribution in [0.2, 0.25) is 0 Å². The minimum Gasteiger partial charge on any atom is -0.480 e. The van der Waals surface area contributed by atoms with Crippen molar-refractivity contribution < 1.29 is 23.1 Å². The normalized spacial score (nSPS) is 12.1. The van der Waals surface area contributed by atoms with Gasteiger partial charge in [-0.1, -0.05) is 12.1 Å². The average Bonchev–Trinajstić information content (AvgIpc) is 2.73. The smallest absolute Gasteiger partial charge is 0.418 e. The van der Waals surface area contributed by atoms with Crippen LogP contribution in [0.4, 0.5) is 19.0 Å². The molecule has 1 aromatic carbocycles. The van der Waals surface area contributed by atoms with Gasteiger partial charge in [0.2, 0.25) is 0 Å². The molecule has 0 spiro atoms. The van der Waals surface area contributed by atoms with Gasteiger partial charge < -0.3 is 15.4 Å². The SMILES string of the molecule is Nc1ncnc2c1c1cccc(C(F)(F)F)c1n2CC(=O)O. The van der Waals surface area contributed by atoms with E-state index in [2.05, 4.69) is 9.97 Å². The number of fused-ring (bicyclic) bond motifs is 3. The molecule has 114 valence electrons. The fourth-order valence-corrected chi connectivity index (χ4v) is 2.51. The summed E-state index contributed by atoms with van der Waals surface area (Å²) >= 11 is 0. The van der Waals surface area contributed by atoms with E-state index in [1.54, 1.807) is 0 Å². The predicted octanol–water partition coefficient (Wildman–Crippen LogP) is 2.27. The molecule has 22 heavy (non-hydrogen) atoms. The minimum atomic E-state index is -4.63. The van der Waals surface area contributed by atoms with Crippen molar-refractivity contribution in [1.29, 1.82) is 0 Å². The lowest BCUT2D eigenvalue weighted by Gasteiger charge is -2.11. The number of aromatic nitrogens is 3. The third kappa shape index (κ3) is 2.01. The molecule has 0 bridgehead atoms. The van der Waals surface area contributed by atoms with Crippen molar-refractivity contribution in [3.05, 3.63) is 30.1 Å². The van der Waals surface area contributed by atoms with E-state index in [-0.39, 0.29) is 27.8 Å². The lowest BCUT2D eigenvalue weighted by Crippen LogP contribution is -2.13. The maximum atomic E-state index is 13.2. The highest BCUT2D eigenvalue weighted by Crippen LogP contribution is 2.39. The Morgan fingerprint density at radius 1 is 1.32 bits per heavy atom. The van der Waals surface area contributed by atoms with E-state index in [1.165, 1.54) is 12.1 Å². The van der Waals surface area contributed by atoms with Crippen LogP contribution in [0.15, 0.2) is 24.5 Å². The van der Waals surface area contributed by atoms with Crippen LogP contribution in [-0.4, -0.2) is 25.6 Å². The van der Waals surface area contributed by atoms with Crippen molar-refractivity contribution in [3.63, 3.8) is 0 Å². The third-order valence-electron chi connectivity index (χ3n) is 3.29. The molecule has 0 atom stereocenters. The Morgan fingerprint density at radius 2 is 2.05 bits per heavy atom. The minimum absolute atomic E-state index is 0.00142. The Hall–Kier alpha value is -2.84. The molecule has 0 aliphatic carbocycles. The summed E-state index contributed by atoms with van der Waals surface area (Å²) in [5, 5.41) is 9.37. The molecule has 0 saturated heterocycles. The van der Waals surface area contributed by atoms with Gasteiger partial charge in [0.05, 0.1) is 16.5 Å². The first kappa shape index (κ1) is 14.1. The van der Waals surface area contributed by atoms with Crippen LogP contribution in [0.5, 0.6) is 0 Å². The van der Waals surface area contributed by atoms with E-state index >= 15 is 0 Å². The number of aliphatic carboxylic acids is 1. The number of anilines is 1. The highest BCUT2D eigenvalue weighted by atomic mass is 19.4. The number of nitrogens with zero attached hydrogens (tertiary/aromatic N) is 3. The summed E-state index contributed by atoms with van der Waals surface area (Å²) in [6.07, 6.45) is -3.55. The first-order valence-corrected chi connectivity index (χ1v) is 6.11. The van der Waals surface area contributed by atoms with Gasteiger partial charge in [0.1, 0.15) is 24.3 Å². The van der Waals surface area contributed by atoms with Gasteiger partial charge in [-0.25, -0.2) is 9.97 Å². The fraction of sp³-hybridized carbons (Fsp3) is 0.154. The van der Waals surface area contributed by atoms with Crippen molar-refractivity contribution in [2.45, 2.75) is 12.7 Å². The number of alkyl halides is 3. The number of hydrogen-bond acceptors (Lipinski definition) is 4.